The third-order valence-corrected chi connectivity index (χ3v) is 3.77. The van der Waals surface area contributed by atoms with Crippen LogP contribution >= 0.6 is 0 Å². The molecular formula is C18H31N3O2. The third-order valence-electron chi connectivity index (χ3n) is 3.77. The van der Waals surface area contributed by atoms with E-state index in [1.54, 1.807) is 0 Å². The molecule has 0 saturated heterocycles. The Kier molecular flexibility index (Phi) is 8.48. The molecule has 1 rings (SSSR count). The molecule has 1 aromatic carbocycles. The Bertz CT molecular complexity index is 489. The van der Waals surface area contributed by atoms with Gasteiger partial charge in [-0.3, -0.25) is 4.79 Å². The predicted octanol–water partition coefficient (Wildman–Crippen LogP) is 2.40. The predicted molar refractivity (Wildman–Crippen MR) is 95.8 cm³/mol. The van der Waals surface area contributed by atoms with Crippen LogP contribution in [0, 0.1) is 0 Å². The fourth-order valence-corrected chi connectivity index (χ4v) is 2.19. The molecule has 0 aliphatic rings. The monoisotopic (exact) mass is 321 g/mol. The summed E-state index contributed by atoms with van der Waals surface area (Å²) in [6.07, 6.45) is 3.37. The Morgan fingerprint density at radius 2 is 1.96 bits per heavy atom. The lowest BCUT2D eigenvalue weighted by Gasteiger charge is -2.17. The number of rotatable bonds is 10. The average molecular weight is 321 g/mol. The van der Waals surface area contributed by atoms with Crippen molar-refractivity contribution in [2.75, 3.05) is 46.6 Å². The number of nitrogen functional groups attached to an aromatic ring is 1. The summed E-state index contributed by atoms with van der Waals surface area (Å²) in [4.78, 5) is 15.9. The van der Waals surface area contributed by atoms with Crippen LogP contribution in [-0.4, -0.2) is 56.5 Å². The fourth-order valence-electron chi connectivity index (χ4n) is 2.19. The minimum Gasteiger partial charge on any atom is -0.490 e. The summed E-state index contributed by atoms with van der Waals surface area (Å²) in [5, 5.41) is 0. The first-order valence-corrected chi connectivity index (χ1v) is 8.34. The van der Waals surface area contributed by atoms with Gasteiger partial charge in [-0.05, 0) is 44.6 Å². The van der Waals surface area contributed by atoms with Crippen LogP contribution in [0.5, 0.6) is 5.75 Å². The number of anilines is 1. The number of nitrogens with two attached hydrogens (primary N) is 1. The smallest absolute Gasteiger partial charge is 0.222 e. The summed E-state index contributed by atoms with van der Waals surface area (Å²) in [5.74, 6) is 0.894. The minimum atomic E-state index is 0.184. The van der Waals surface area contributed by atoms with Crippen molar-refractivity contribution in [1.82, 2.24) is 9.80 Å². The second-order valence-electron chi connectivity index (χ2n) is 6.19. The minimum absolute atomic E-state index is 0.184. The van der Waals surface area contributed by atoms with E-state index < -0.39 is 0 Å². The van der Waals surface area contributed by atoms with Gasteiger partial charge in [0.05, 0.1) is 5.69 Å². The molecule has 0 spiro atoms. The van der Waals surface area contributed by atoms with E-state index >= 15 is 0 Å². The highest BCUT2D eigenvalue weighted by molar-refractivity contribution is 5.76. The number of unbranched alkanes of at least 4 members (excludes halogenated alkanes) is 1. The molecule has 0 bridgehead atoms. The van der Waals surface area contributed by atoms with Crippen molar-refractivity contribution in [3.05, 3.63) is 23.8 Å². The molecule has 0 heterocycles. The molecule has 0 aliphatic heterocycles. The van der Waals surface area contributed by atoms with Crippen molar-refractivity contribution in [2.24, 2.45) is 0 Å². The van der Waals surface area contributed by atoms with Gasteiger partial charge in [-0.1, -0.05) is 19.4 Å². The standard InChI is InChI=1S/C18H31N3O2/c1-5-6-11-21(4)18(22)10-8-15-7-9-17(16(19)14-15)23-13-12-20(2)3/h7,9,14H,5-6,8,10-13,19H2,1-4H3. The van der Waals surface area contributed by atoms with Gasteiger partial charge in [0.15, 0.2) is 0 Å². The Hall–Kier alpha value is -1.75. The molecule has 0 aliphatic carbocycles. The van der Waals surface area contributed by atoms with Gasteiger partial charge < -0.3 is 20.3 Å². The lowest BCUT2D eigenvalue weighted by atomic mass is 10.1. The average Bonchev–Trinajstić information content (AvgIpc) is 2.51. The van der Waals surface area contributed by atoms with Crippen LogP contribution in [0.2, 0.25) is 0 Å². The van der Waals surface area contributed by atoms with E-state index in [0.717, 1.165) is 31.5 Å². The lowest BCUT2D eigenvalue weighted by Crippen LogP contribution is -2.27. The molecule has 0 unspecified atom stereocenters. The van der Waals surface area contributed by atoms with Crippen LogP contribution in [0.25, 0.3) is 0 Å². The summed E-state index contributed by atoms with van der Waals surface area (Å²) < 4.78 is 5.67. The lowest BCUT2D eigenvalue weighted by molar-refractivity contribution is -0.129. The zero-order valence-electron chi connectivity index (χ0n) is 15.0. The van der Waals surface area contributed by atoms with Crippen molar-refractivity contribution in [2.45, 2.75) is 32.6 Å². The van der Waals surface area contributed by atoms with E-state index in [2.05, 4.69) is 11.8 Å². The summed E-state index contributed by atoms with van der Waals surface area (Å²) in [5.41, 5.74) is 7.74. The summed E-state index contributed by atoms with van der Waals surface area (Å²) in [7, 11) is 5.88. The molecule has 2 N–H and O–H groups in total. The summed E-state index contributed by atoms with van der Waals surface area (Å²) in [6.45, 7) is 4.41. The Morgan fingerprint density at radius 3 is 2.57 bits per heavy atom. The number of carbonyl (C=O) groups excluding carboxylic acids is 1. The van der Waals surface area contributed by atoms with E-state index in [1.165, 1.54) is 0 Å². The quantitative estimate of drug-likeness (QED) is 0.672. The van der Waals surface area contributed by atoms with E-state index in [-0.39, 0.29) is 5.91 Å². The van der Waals surface area contributed by atoms with Gasteiger partial charge in [-0.25, -0.2) is 0 Å². The molecule has 130 valence electrons. The van der Waals surface area contributed by atoms with Gasteiger partial charge in [0.1, 0.15) is 12.4 Å². The Morgan fingerprint density at radius 1 is 1.22 bits per heavy atom. The number of nitrogens with zero attached hydrogens (tertiary/aromatic N) is 2. The summed E-state index contributed by atoms with van der Waals surface area (Å²) >= 11 is 0. The normalized spacial score (nSPS) is 10.8. The first-order chi connectivity index (χ1) is 10.9. The topological polar surface area (TPSA) is 58.8 Å². The number of likely N-dealkylation sites (N-methyl/N-ethyl adjacent to an activating group) is 1. The number of benzene rings is 1. The Labute approximate surface area is 140 Å². The number of hydrogen-bond donors (Lipinski definition) is 1. The molecule has 5 nitrogen and oxygen atoms in total. The van der Waals surface area contributed by atoms with Crippen molar-refractivity contribution < 1.29 is 9.53 Å². The van der Waals surface area contributed by atoms with Crippen molar-refractivity contribution in [1.29, 1.82) is 0 Å². The van der Waals surface area contributed by atoms with Crippen LogP contribution in [0.1, 0.15) is 31.7 Å². The van der Waals surface area contributed by atoms with Crippen LogP contribution in [0.4, 0.5) is 5.69 Å². The largest absolute Gasteiger partial charge is 0.490 e. The maximum atomic E-state index is 12.0. The molecule has 1 amide bonds. The second-order valence-corrected chi connectivity index (χ2v) is 6.19. The molecule has 1 aromatic rings. The third kappa shape index (κ3) is 7.37. The number of aryl methyl sites for hydroxylation is 1. The van der Waals surface area contributed by atoms with Crippen LogP contribution in [0.3, 0.4) is 0 Å². The van der Waals surface area contributed by atoms with E-state index in [0.29, 0.717) is 30.9 Å². The number of amides is 1. The maximum absolute atomic E-state index is 12.0. The van der Waals surface area contributed by atoms with E-state index in [9.17, 15) is 4.79 Å². The van der Waals surface area contributed by atoms with Crippen LogP contribution in [0.15, 0.2) is 18.2 Å². The highest BCUT2D eigenvalue weighted by atomic mass is 16.5. The van der Waals surface area contributed by atoms with E-state index in [1.807, 2.05) is 44.2 Å². The number of ether oxygens (including phenoxy) is 1. The fraction of sp³-hybridized carbons (Fsp3) is 0.611. The van der Waals surface area contributed by atoms with Crippen LogP contribution in [-0.2, 0) is 11.2 Å². The molecule has 0 radical (unpaired) electrons. The summed E-state index contributed by atoms with van der Waals surface area (Å²) in [6, 6.07) is 5.79. The van der Waals surface area contributed by atoms with Gasteiger partial charge >= 0.3 is 0 Å². The zero-order valence-corrected chi connectivity index (χ0v) is 15.0. The molecule has 0 fully saturated rings. The second kappa shape index (κ2) is 10.1. The molecule has 23 heavy (non-hydrogen) atoms. The van der Waals surface area contributed by atoms with Gasteiger partial charge in [-0.2, -0.15) is 0 Å². The maximum Gasteiger partial charge on any atom is 0.222 e. The highest BCUT2D eigenvalue weighted by Gasteiger charge is 2.09. The van der Waals surface area contributed by atoms with Crippen molar-refractivity contribution in [3.8, 4) is 5.75 Å². The van der Waals surface area contributed by atoms with Crippen molar-refractivity contribution >= 4 is 11.6 Å². The molecule has 0 aromatic heterocycles. The van der Waals surface area contributed by atoms with E-state index in [4.69, 9.17) is 10.5 Å². The molecular weight excluding hydrogens is 290 g/mol. The zero-order chi connectivity index (χ0) is 17.2. The van der Waals surface area contributed by atoms with Gasteiger partial charge in [0.2, 0.25) is 5.91 Å². The first-order valence-electron chi connectivity index (χ1n) is 8.34. The Balaban J connectivity index is 2.46. The van der Waals surface area contributed by atoms with Gasteiger partial charge in [-0.15, -0.1) is 0 Å². The first kappa shape index (κ1) is 19.3. The van der Waals surface area contributed by atoms with Crippen LogP contribution < -0.4 is 10.5 Å². The van der Waals surface area contributed by atoms with Gasteiger partial charge in [0.25, 0.3) is 0 Å². The highest BCUT2D eigenvalue weighted by Crippen LogP contribution is 2.23. The van der Waals surface area contributed by atoms with Crippen molar-refractivity contribution in [3.63, 3.8) is 0 Å². The molecule has 0 atom stereocenters. The molecule has 5 heteroatoms. The molecule has 0 saturated carbocycles. The number of hydrogen-bond acceptors (Lipinski definition) is 4. The number of carbonyl (C=O) groups is 1. The SMILES string of the molecule is CCCCN(C)C(=O)CCc1ccc(OCCN(C)C)c(N)c1. The van der Waals surface area contributed by atoms with Gasteiger partial charge in [0, 0.05) is 26.6 Å².